The van der Waals surface area contributed by atoms with E-state index >= 15 is 0 Å². The Labute approximate surface area is 99.5 Å². The zero-order chi connectivity index (χ0) is 11.9. The van der Waals surface area contributed by atoms with Crippen molar-refractivity contribution in [3.8, 4) is 5.75 Å². The molecule has 2 rings (SSSR count). The van der Waals surface area contributed by atoms with Crippen molar-refractivity contribution in [1.29, 1.82) is 0 Å². The van der Waals surface area contributed by atoms with Crippen molar-refractivity contribution in [3.63, 3.8) is 0 Å². The molecule has 1 amide bonds. The van der Waals surface area contributed by atoms with Gasteiger partial charge in [0.2, 0.25) is 0 Å². The molecule has 84 valence electrons. The van der Waals surface area contributed by atoms with E-state index in [0.717, 1.165) is 0 Å². The number of halogens is 1. The Morgan fingerprint density at radius 2 is 2.31 bits per heavy atom. The molecule has 2 aromatic rings. The summed E-state index contributed by atoms with van der Waals surface area (Å²) in [6.07, 6.45) is 1.59. The molecule has 6 nitrogen and oxygen atoms in total. The van der Waals surface area contributed by atoms with Crippen LogP contribution in [0.5, 0.6) is 5.75 Å². The second-order valence-electron chi connectivity index (χ2n) is 3.17. The molecule has 16 heavy (non-hydrogen) atoms. The molecule has 0 aromatic carbocycles. The zero-order valence-electron chi connectivity index (χ0n) is 8.69. The summed E-state index contributed by atoms with van der Waals surface area (Å²) in [6.45, 7) is 0. The van der Waals surface area contributed by atoms with E-state index < -0.39 is 5.91 Å². The summed E-state index contributed by atoms with van der Waals surface area (Å²) in [6, 6.07) is 0. The van der Waals surface area contributed by atoms with Gasteiger partial charge in [0.05, 0.1) is 17.0 Å². The number of rotatable bonds is 2. The number of nitrogens with two attached hydrogens (primary N) is 1. The van der Waals surface area contributed by atoms with E-state index in [-0.39, 0.29) is 5.69 Å². The fourth-order valence-electron chi connectivity index (χ4n) is 1.54. The molecule has 2 N–H and O–H groups in total. The molecular formula is C9H9BrN4O2. The quantitative estimate of drug-likeness (QED) is 0.886. The smallest absolute Gasteiger partial charge is 0.270 e. The molecule has 0 bridgehead atoms. The van der Waals surface area contributed by atoms with Crippen molar-refractivity contribution in [2.24, 2.45) is 12.8 Å². The Hall–Kier alpha value is -1.63. The number of aryl methyl sites for hydroxylation is 1. The number of pyridine rings is 1. The third-order valence-electron chi connectivity index (χ3n) is 2.20. The van der Waals surface area contributed by atoms with Crippen LogP contribution < -0.4 is 10.5 Å². The summed E-state index contributed by atoms with van der Waals surface area (Å²) in [5.74, 6) is -0.101. The minimum Gasteiger partial charge on any atom is -0.495 e. The molecule has 0 spiro atoms. The van der Waals surface area contributed by atoms with Gasteiger partial charge < -0.3 is 10.5 Å². The van der Waals surface area contributed by atoms with Gasteiger partial charge in [0.1, 0.15) is 5.75 Å². The monoisotopic (exact) mass is 284 g/mol. The second-order valence-corrected chi connectivity index (χ2v) is 4.03. The van der Waals surface area contributed by atoms with Crippen molar-refractivity contribution in [1.82, 2.24) is 14.8 Å². The average molecular weight is 285 g/mol. The number of carbonyl (C=O) groups is 1. The summed E-state index contributed by atoms with van der Waals surface area (Å²) in [7, 11) is 3.20. The molecule has 0 atom stereocenters. The van der Waals surface area contributed by atoms with Gasteiger partial charge in [-0.3, -0.25) is 4.79 Å². The molecule has 0 aliphatic carbocycles. The van der Waals surface area contributed by atoms with Crippen LogP contribution in [0.4, 0.5) is 0 Å². The first-order chi connectivity index (χ1) is 7.56. The van der Waals surface area contributed by atoms with Crippen LogP contribution >= 0.6 is 15.9 Å². The summed E-state index contributed by atoms with van der Waals surface area (Å²) in [5.41, 5.74) is 5.96. The first kappa shape index (κ1) is 10.9. The number of methoxy groups -OCH3 is 1. The van der Waals surface area contributed by atoms with Crippen LogP contribution in [0.2, 0.25) is 0 Å². The van der Waals surface area contributed by atoms with Gasteiger partial charge in [0.15, 0.2) is 11.3 Å². The van der Waals surface area contributed by atoms with Gasteiger partial charge in [-0.25, -0.2) is 9.67 Å². The van der Waals surface area contributed by atoms with Gasteiger partial charge >= 0.3 is 0 Å². The van der Waals surface area contributed by atoms with Crippen LogP contribution in [0.3, 0.4) is 0 Å². The predicted octanol–water partition coefficient (Wildman–Crippen LogP) is 0.838. The first-order valence-electron chi connectivity index (χ1n) is 4.41. The lowest BCUT2D eigenvalue weighted by atomic mass is 10.2. The normalized spacial score (nSPS) is 10.7. The number of fused-ring (bicyclic) bond motifs is 1. The van der Waals surface area contributed by atoms with Crippen molar-refractivity contribution < 1.29 is 9.53 Å². The van der Waals surface area contributed by atoms with Gasteiger partial charge in [0.25, 0.3) is 5.91 Å². The first-order valence-corrected chi connectivity index (χ1v) is 5.20. The number of hydrogen-bond acceptors (Lipinski definition) is 4. The highest BCUT2D eigenvalue weighted by atomic mass is 79.9. The minimum atomic E-state index is -0.608. The number of nitrogens with zero attached hydrogens (tertiary/aromatic N) is 3. The summed E-state index contributed by atoms with van der Waals surface area (Å²) >= 11 is 3.29. The van der Waals surface area contributed by atoms with Gasteiger partial charge in [-0.1, -0.05) is 0 Å². The lowest BCUT2D eigenvalue weighted by Crippen LogP contribution is -2.12. The Bertz CT molecular complexity index is 578. The van der Waals surface area contributed by atoms with E-state index in [1.165, 1.54) is 11.8 Å². The van der Waals surface area contributed by atoms with E-state index in [2.05, 4.69) is 26.0 Å². The molecule has 0 fully saturated rings. The Kier molecular flexibility index (Phi) is 2.55. The number of amides is 1. The van der Waals surface area contributed by atoms with E-state index in [0.29, 0.717) is 21.3 Å². The molecular weight excluding hydrogens is 276 g/mol. The van der Waals surface area contributed by atoms with Crippen molar-refractivity contribution in [3.05, 3.63) is 16.4 Å². The van der Waals surface area contributed by atoms with E-state index in [9.17, 15) is 4.79 Å². The highest BCUT2D eigenvalue weighted by Crippen LogP contribution is 2.33. The minimum absolute atomic E-state index is 0.156. The molecule has 0 aliphatic rings. The lowest BCUT2D eigenvalue weighted by molar-refractivity contribution is 0.0996. The summed E-state index contributed by atoms with van der Waals surface area (Å²) < 4.78 is 7.36. The molecule has 0 radical (unpaired) electrons. The third-order valence-corrected chi connectivity index (χ3v) is 2.76. The standard InChI is InChI=1S/C9H9BrN4O2/c1-14-9-5(6(13-14)8(11)15)7(16-2)4(10)3-12-9/h3H,1-2H3,(H2,11,15). The number of carbonyl (C=O) groups excluding carboxylic acids is 1. The highest BCUT2D eigenvalue weighted by Gasteiger charge is 2.20. The molecule has 0 saturated heterocycles. The molecule has 2 heterocycles. The zero-order valence-corrected chi connectivity index (χ0v) is 10.3. The number of primary amides is 1. The van der Waals surface area contributed by atoms with Gasteiger partial charge in [-0.2, -0.15) is 5.10 Å². The molecule has 0 unspecified atom stereocenters. The molecule has 0 saturated carbocycles. The Morgan fingerprint density at radius 3 is 2.88 bits per heavy atom. The van der Waals surface area contributed by atoms with E-state index in [1.807, 2.05) is 0 Å². The lowest BCUT2D eigenvalue weighted by Gasteiger charge is -2.04. The van der Waals surface area contributed by atoms with Crippen molar-refractivity contribution in [2.75, 3.05) is 7.11 Å². The van der Waals surface area contributed by atoms with Crippen molar-refractivity contribution >= 4 is 32.9 Å². The topological polar surface area (TPSA) is 83.0 Å². The van der Waals surface area contributed by atoms with Gasteiger partial charge in [-0.05, 0) is 15.9 Å². The Balaban J connectivity index is 2.93. The predicted molar refractivity (Wildman–Crippen MR) is 61.3 cm³/mol. The fourth-order valence-corrected chi connectivity index (χ4v) is 2.00. The molecule has 0 aliphatic heterocycles. The molecule has 7 heteroatoms. The van der Waals surface area contributed by atoms with Gasteiger partial charge in [0, 0.05) is 13.2 Å². The number of hydrogen-bond donors (Lipinski definition) is 1. The average Bonchev–Trinajstić information content (AvgIpc) is 2.56. The van der Waals surface area contributed by atoms with Crippen LogP contribution in [0.15, 0.2) is 10.7 Å². The van der Waals surface area contributed by atoms with E-state index in [4.69, 9.17) is 10.5 Å². The van der Waals surface area contributed by atoms with Crippen LogP contribution in [0.1, 0.15) is 10.5 Å². The summed E-state index contributed by atoms with van der Waals surface area (Å²) in [4.78, 5) is 15.4. The maximum Gasteiger partial charge on any atom is 0.270 e. The SMILES string of the molecule is COc1c(Br)cnc2c1c(C(N)=O)nn2C. The molecule has 2 aromatic heterocycles. The number of ether oxygens (including phenoxy) is 1. The number of aromatic nitrogens is 3. The van der Waals surface area contributed by atoms with Crippen LogP contribution in [-0.4, -0.2) is 27.8 Å². The fraction of sp³-hybridized carbons (Fsp3) is 0.222. The van der Waals surface area contributed by atoms with Crippen molar-refractivity contribution in [2.45, 2.75) is 0 Å². The second kappa shape index (κ2) is 3.75. The van der Waals surface area contributed by atoms with Crippen LogP contribution in [0.25, 0.3) is 11.0 Å². The maximum absolute atomic E-state index is 11.3. The Morgan fingerprint density at radius 1 is 1.62 bits per heavy atom. The summed E-state index contributed by atoms with van der Waals surface area (Å²) in [5, 5.41) is 4.54. The van der Waals surface area contributed by atoms with E-state index in [1.54, 1.807) is 13.2 Å². The maximum atomic E-state index is 11.3. The van der Waals surface area contributed by atoms with Crippen LogP contribution in [0, 0.1) is 0 Å². The van der Waals surface area contributed by atoms with Crippen LogP contribution in [-0.2, 0) is 7.05 Å². The highest BCUT2D eigenvalue weighted by molar-refractivity contribution is 9.10. The largest absolute Gasteiger partial charge is 0.495 e. The third kappa shape index (κ3) is 1.44. The van der Waals surface area contributed by atoms with Gasteiger partial charge in [-0.15, -0.1) is 0 Å².